The fourth-order valence-corrected chi connectivity index (χ4v) is 2.07. The number of methoxy groups -OCH3 is 1. The Morgan fingerprint density at radius 1 is 1.15 bits per heavy atom. The van der Waals surface area contributed by atoms with Gasteiger partial charge in [-0.3, -0.25) is 0 Å². The van der Waals surface area contributed by atoms with Gasteiger partial charge in [0.2, 0.25) is 0 Å². The van der Waals surface area contributed by atoms with E-state index in [0.29, 0.717) is 18.6 Å². The smallest absolute Gasteiger partial charge is 0.0700 e. The molecule has 3 heteroatoms. The highest BCUT2D eigenvalue weighted by Gasteiger charge is 2.24. The zero-order valence-electron chi connectivity index (χ0n) is 8.94. The number of hydrogen-bond donors (Lipinski definition) is 0. The van der Waals surface area contributed by atoms with Gasteiger partial charge in [-0.05, 0) is 12.8 Å². The maximum atomic E-state index is 5.56. The Hall–Kier alpha value is 0.400. The van der Waals surface area contributed by atoms with Crippen LogP contribution in [-0.4, -0.2) is 32.3 Å². The van der Waals surface area contributed by atoms with Gasteiger partial charge in [0.25, 0.3) is 0 Å². The molecule has 2 nitrogen and oxygen atoms in total. The van der Waals surface area contributed by atoms with Crippen LogP contribution in [0.25, 0.3) is 0 Å². The van der Waals surface area contributed by atoms with Gasteiger partial charge in [0.05, 0.1) is 19.8 Å². The minimum Gasteiger partial charge on any atom is -0.382 e. The number of alkyl halides is 1. The Kier molecular flexibility index (Phi) is 8.01. The van der Waals surface area contributed by atoms with Gasteiger partial charge in [0, 0.05) is 17.9 Å². The molecule has 0 rings (SSSR count). The second-order valence-corrected chi connectivity index (χ2v) is 3.95. The first kappa shape index (κ1) is 13.4. The minimum atomic E-state index is 0.313. The first-order valence-electron chi connectivity index (χ1n) is 4.87. The molecule has 0 atom stereocenters. The van der Waals surface area contributed by atoms with Crippen LogP contribution in [0.5, 0.6) is 0 Å². The summed E-state index contributed by atoms with van der Waals surface area (Å²) in [6, 6.07) is 0. The van der Waals surface area contributed by atoms with Crippen LogP contribution in [0, 0.1) is 5.41 Å². The van der Waals surface area contributed by atoms with Gasteiger partial charge in [0.15, 0.2) is 0 Å². The van der Waals surface area contributed by atoms with Crippen molar-refractivity contribution >= 4 is 15.9 Å². The quantitative estimate of drug-likeness (QED) is 0.489. The van der Waals surface area contributed by atoms with E-state index in [4.69, 9.17) is 9.47 Å². The summed E-state index contributed by atoms with van der Waals surface area (Å²) in [4.78, 5) is 0. The third-order valence-corrected chi connectivity index (χ3v) is 3.81. The van der Waals surface area contributed by atoms with E-state index < -0.39 is 0 Å². The van der Waals surface area contributed by atoms with Crippen LogP contribution in [0.1, 0.15) is 26.7 Å². The Balaban J connectivity index is 3.68. The molecule has 0 saturated heterocycles. The van der Waals surface area contributed by atoms with E-state index in [0.717, 1.165) is 24.8 Å². The predicted octanol–water partition coefficient (Wildman–Crippen LogP) is 2.85. The molecular weight excluding hydrogens is 232 g/mol. The summed E-state index contributed by atoms with van der Waals surface area (Å²) in [5.41, 5.74) is 0.313. The predicted molar refractivity (Wildman–Crippen MR) is 59.5 cm³/mol. The van der Waals surface area contributed by atoms with E-state index in [-0.39, 0.29) is 0 Å². The topological polar surface area (TPSA) is 18.5 Å². The second-order valence-electron chi connectivity index (χ2n) is 3.39. The summed E-state index contributed by atoms with van der Waals surface area (Å²) < 4.78 is 10.5. The molecule has 0 radical (unpaired) electrons. The summed E-state index contributed by atoms with van der Waals surface area (Å²) in [7, 11) is 1.70. The van der Waals surface area contributed by atoms with Crippen molar-refractivity contribution < 1.29 is 9.47 Å². The molecule has 0 aromatic rings. The van der Waals surface area contributed by atoms with Gasteiger partial charge in [-0.1, -0.05) is 29.8 Å². The Morgan fingerprint density at radius 3 is 2.15 bits per heavy atom. The SMILES string of the molecule is CCC(CC)(CBr)COCCOC. The average Bonchev–Trinajstić information content (AvgIpc) is 2.20. The number of rotatable bonds is 8. The fourth-order valence-electron chi connectivity index (χ4n) is 1.11. The standard InChI is InChI=1S/C10H21BrO2/c1-4-10(5-2,8-11)9-13-7-6-12-3/h4-9H2,1-3H3. The minimum absolute atomic E-state index is 0.313. The molecule has 0 aromatic carbocycles. The van der Waals surface area contributed by atoms with Crippen LogP contribution in [0.3, 0.4) is 0 Å². The van der Waals surface area contributed by atoms with Gasteiger partial charge >= 0.3 is 0 Å². The molecule has 0 saturated carbocycles. The Labute approximate surface area is 90.1 Å². The molecule has 0 unspecified atom stereocenters. The summed E-state index contributed by atoms with van der Waals surface area (Å²) in [6.07, 6.45) is 2.31. The van der Waals surface area contributed by atoms with Crippen molar-refractivity contribution in [3.8, 4) is 0 Å². The largest absolute Gasteiger partial charge is 0.382 e. The van der Waals surface area contributed by atoms with Crippen LogP contribution >= 0.6 is 15.9 Å². The van der Waals surface area contributed by atoms with Crippen molar-refractivity contribution in [2.24, 2.45) is 5.41 Å². The first-order chi connectivity index (χ1) is 6.24. The highest BCUT2D eigenvalue weighted by molar-refractivity contribution is 9.09. The lowest BCUT2D eigenvalue weighted by Gasteiger charge is -2.28. The van der Waals surface area contributed by atoms with Gasteiger partial charge < -0.3 is 9.47 Å². The Morgan fingerprint density at radius 2 is 1.77 bits per heavy atom. The van der Waals surface area contributed by atoms with E-state index in [1.165, 1.54) is 0 Å². The van der Waals surface area contributed by atoms with Gasteiger partial charge in [0.1, 0.15) is 0 Å². The highest BCUT2D eigenvalue weighted by atomic mass is 79.9. The molecule has 0 spiro atoms. The van der Waals surface area contributed by atoms with Crippen molar-refractivity contribution in [2.75, 3.05) is 32.3 Å². The molecular formula is C10H21BrO2. The zero-order valence-corrected chi connectivity index (χ0v) is 10.5. The highest BCUT2D eigenvalue weighted by Crippen LogP contribution is 2.28. The molecule has 0 aliphatic rings. The maximum absolute atomic E-state index is 5.56. The lowest BCUT2D eigenvalue weighted by Crippen LogP contribution is -2.28. The van der Waals surface area contributed by atoms with Crippen LogP contribution in [-0.2, 0) is 9.47 Å². The fraction of sp³-hybridized carbons (Fsp3) is 1.00. The third kappa shape index (κ3) is 4.99. The first-order valence-corrected chi connectivity index (χ1v) is 5.99. The van der Waals surface area contributed by atoms with Crippen LogP contribution in [0.4, 0.5) is 0 Å². The molecule has 13 heavy (non-hydrogen) atoms. The molecule has 0 amide bonds. The van der Waals surface area contributed by atoms with Gasteiger partial charge in [-0.15, -0.1) is 0 Å². The van der Waals surface area contributed by atoms with Crippen LogP contribution in [0.2, 0.25) is 0 Å². The number of halogens is 1. The van der Waals surface area contributed by atoms with E-state index in [1.807, 2.05) is 0 Å². The normalized spacial score (nSPS) is 12.0. The van der Waals surface area contributed by atoms with Gasteiger partial charge in [-0.25, -0.2) is 0 Å². The number of hydrogen-bond acceptors (Lipinski definition) is 2. The summed E-state index contributed by atoms with van der Waals surface area (Å²) in [6.45, 7) is 6.64. The Bertz CT molecular complexity index is 105. The summed E-state index contributed by atoms with van der Waals surface area (Å²) >= 11 is 3.55. The van der Waals surface area contributed by atoms with E-state index in [9.17, 15) is 0 Å². The molecule has 0 fully saturated rings. The number of ether oxygens (including phenoxy) is 2. The van der Waals surface area contributed by atoms with E-state index >= 15 is 0 Å². The zero-order chi connectivity index (χ0) is 10.2. The molecule has 0 heterocycles. The maximum Gasteiger partial charge on any atom is 0.0700 e. The summed E-state index contributed by atoms with van der Waals surface area (Å²) in [5.74, 6) is 0. The molecule has 0 bridgehead atoms. The van der Waals surface area contributed by atoms with E-state index in [1.54, 1.807) is 7.11 Å². The second kappa shape index (κ2) is 7.77. The molecule has 0 aromatic heterocycles. The molecule has 0 N–H and O–H groups in total. The molecule has 0 aliphatic heterocycles. The summed E-state index contributed by atoms with van der Waals surface area (Å²) in [5, 5.41) is 1.01. The van der Waals surface area contributed by atoms with Gasteiger partial charge in [-0.2, -0.15) is 0 Å². The van der Waals surface area contributed by atoms with Crippen molar-refractivity contribution in [2.45, 2.75) is 26.7 Å². The van der Waals surface area contributed by atoms with Crippen molar-refractivity contribution in [1.29, 1.82) is 0 Å². The van der Waals surface area contributed by atoms with Crippen molar-refractivity contribution in [3.63, 3.8) is 0 Å². The van der Waals surface area contributed by atoms with Crippen LogP contribution in [0.15, 0.2) is 0 Å². The lowest BCUT2D eigenvalue weighted by molar-refractivity contribution is 0.0209. The van der Waals surface area contributed by atoms with Crippen molar-refractivity contribution in [1.82, 2.24) is 0 Å². The third-order valence-electron chi connectivity index (χ3n) is 2.62. The monoisotopic (exact) mass is 252 g/mol. The molecule has 0 aliphatic carbocycles. The van der Waals surface area contributed by atoms with Crippen molar-refractivity contribution in [3.05, 3.63) is 0 Å². The molecule has 80 valence electrons. The average molecular weight is 253 g/mol. The lowest BCUT2D eigenvalue weighted by atomic mass is 9.86. The van der Waals surface area contributed by atoms with E-state index in [2.05, 4.69) is 29.8 Å². The van der Waals surface area contributed by atoms with Crippen LogP contribution < -0.4 is 0 Å².